The molecular formula is C27H28ClN5O2S2. The van der Waals surface area contributed by atoms with Gasteiger partial charge in [0.2, 0.25) is 11.7 Å². The molecule has 1 amide bonds. The second-order valence-electron chi connectivity index (χ2n) is 10.3. The first kappa shape index (κ1) is 25.8. The first-order chi connectivity index (χ1) is 17.7. The molecule has 0 spiro atoms. The number of rotatable bonds is 6. The number of amides is 1. The Hall–Kier alpha value is -2.80. The first-order valence-electron chi connectivity index (χ1n) is 12.3. The van der Waals surface area contributed by atoms with Crippen LogP contribution in [0, 0.1) is 22.7 Å². The summed E-state index contributed by atoms with van der Waals surface area (Å²) >= 11 is 8.97. The fourth-order valence-corrected chi connectivity index (χ4v) is 7.09. The van der Waals surface area contributed by atoms with Crippen molar-refractivity contribution < 1.29 is 9.21 Å². The molecule has 0 unspecified atom stereocenters. The van der Waals surface area contributed by atoms with Crippen molar-refractivity contribution in [3.8, 4) is 17.7 Å². The summed E-state index contributed by atoms with van der Waals surface area (Å²) in [7, 11) is 0. The predicted molar refractivity (Wildman–Crippen MR) is 149 cm³/mol. The summed E-state index contributed by atoms with van der Waals surface area (Å²) in [5.74, 6) is 1.76. The van der Waals surface area contributed by atoms with Crippen molar-refractivity contribution in [3.63, 3.8) is 0 Å². The second-order valence-corrected chi connectivity index (χ2v) is 12.8. The Labute approximate surface area is 229 Å². The lowest BCUT2D eigenvalue weighted by atomic mass is 9.72. The van der Waals surface area contributed by atoms with Gasteiger partial charge in [0.05, 0.1) is 11.3 Å². The molecule has 5 rings (SSSR count). The maximum absolute atomic E-state index is 12.9. The van der Waals surface area contributed by atoms with Crippen LogP contribution in [0.4, 0.5) is 5.00 Å². The topological polar surface area (TPSA) is 96.7 Å². The molecule has 1 N–H and O–H groups in total. The van der Waals surface area contributed by atoms with Gasteiger partial charge in [0.15, 0.2) is 10.9 Å². The van der Waals surface area contributed by atoms with Crippen LogP contribution in [0.15, 0.2) is 33.8 Å². The first-order valence-corrected chi connectivity index (χ1v) is 14.5. The van der Waals surface area contributed by atoms with E-state index in [9.17, 15) is 10.1 Å². The van der Waals surface area contributed by atoms with Gasteiger partial charge in [-0.1, -0.05) is 44.1 Å². The van der Waals surface area contributed by atoms with Gasteiger partial charge in [0, 0.05) is 21.8 Å². The van der Waals surface area contributed by atoms with Crippen molar-refractivity contribution >= 4 is 56.6 Å². The molecule has 0 saturated heterocycles. The summed E-state index contributed by atoms with van der Waals surface area (Å²) in [5, 5.41) is 24.3. The fourth-order valence-electron chi connectivity index (χ4n) is 4.81. The number of nitriles is 1. The number of furan rings is 1. The van der Waals surface area contributed by atoms with Crippen LogP contribution < -0.4 is 5.32 Å². The number of anilines is 1. The molecule has 192 valence electrons. The number of hydrogen-bond donors (Lipinski definition) is 1. The number of nitrogens with zero attached hydrogens (tertiary/aromatic N) is 4. The van der Waals surface area contributed by atoms with Gasteiger partial charge in [-0.2, -0.15) is 5.26 Å². The van der Waals surface area contributed by atoms with Crippen molar-refractivity contribution in [1.29, 1.82) is 5.26 Å². The summed E-state index contributed by atoms with van der Waals surface area (Å²) < 4.78 is 7.89. The van der Waals surface area contributed by atoms with Gasteiger partial charge in [-0.15, -0.1) is 21.5 Å². The highest BCUT2D eigenvalue weighted by atomic mass is 35.5. The Bertz CT molecular complexity index is 1520. The Balaban J connectivity index is 1.29. The highest BCUT2D eigenvalue weighted by Gasteiger charge is 2.32. The number of carbonyl (C=O) groups is 1. The van der Waals surface area contributed by atoms with Crippen LogP contribution in [-0.2, 0) is 24.2 Å². The van der Waals surface area contributed by atoms with Gasteiger partial charge in [-0.3, -0.25) is 9.36 Å². The number of thiophene rings is 1. The fraction of sp³-hybridized carbons (Fsp3) is 0.407. The molecule has 0 saturated carbocycles. The van der Waals surface area contributed by atoms with Crippen LogP contribution in [-0.4, -0.2) is 26.4 Å². The third-order valence-electron chi connectivity index (χ3n) is 6.92. The average molecular weight is 554 g/mol. The highest BCUT2D eigenvalue weighted by Crippen LogP contribution is 2.44. The maximum atomic E-state index is 12.9. The van der Waals surface area contributed by atoms with E-state index in [2.05, 4.69) is 42.4 Å². The van der Waals surface area contributed by atoms with Crippen molar-refractivity contribution in [3.05, 3.63) is 45.3 Å². The van der Waals surface area contributed by atoms with Gasteiger partial charge in [-0.25, -0.2) is 0 Å². The minimum Gasteiger partial charge on any atom is -0.453 e. The molecular weight excluding hydrogens is 526 g/mol. The van der Waals surface area contributed by atoms with Gasteiger partial charge in [0.1, 0.15) is 16.7 Å². The van der Waals surface area contributed by atoms with Crippen molar-refractivity contribution in [2.24, 2.45) is 11.3 Å². The van der Waals surface area contributed by atoms with Gasteiger partial charge < -0.3 is 9.73 Å². The van der Waals surface area contributed by atoms with Crippen LogP contribution in [0.25, 0.3) is 22.6 Å². The SMILES string of the molecule is CCn1c(SCC(=O)Nc2sc3c(c2C#N)CC[C@@H](C(C)(C)C)C3)nnc1-c1cc2cc(Cl)ccc2o1. The molecule has 0 bridgehead atoms. The number of hydrogen-bond acceptors (Lipinski definition) is 7. The van der Waals surface area contributed by atoms with E-state index in [1.54, 1.807) is 17.4 Å². The molecule has 10 heteroatoms. The minimum absolute atomic E-state index is 0.159. The second kappa shape index (κ2) is 10.2. The Morgan fingerprint density at radius 1 is 1.35 bits per heavy atom. The Kier molecular flexibility index (Phi) is 7.10. The normalized spacial score (nSPS) is 15.5. The molecule has 0 radical (unpaired) electrons. The molecule has 1 aliphatic carbocycles. The number of aromatic nitrogens is 3. The van der Waals surface area contributed by atoms with E-state index >= 15 is 0 Å². The zero-order valence-corrected chi connectivity index (χ0v) is 23.6. The standard InChI is InChI=1S/C27H28ClN5O2S2/c1-5-33-24(21-11-15-10-17(28)7-9-20(15)35-21)31-32-26(33)36-14-23(34)30-25-19(13-29)18-8-6-16(27(2,3)4)12-22(18)37-25/h7,9-11,16H,5-6,8,12,14H2,1-4H3,(H,30,34)/t16-/m1/s1. The van der Waals surface area contributed by atoms with Crippen molar-refractivity contribution in [1.82, 2.24) is 14.8 Å². The summed E-state index contributed by atoms with van der Waals surface area (Å²) in [6, 6.07) is 9.69. The number of halogens is 1. The van der Waals surface area contributed by atoms with E-state index < -0.39 is 0 Å². The molecule has 0 fully saturated rings. The summed E-state index contributed by atoms with van der Waals surface area (Å²) in [4.78, 5) is 14.1. The third kappa shape index (κ3) is 5.15. The van der Waals surface area contributed by atoms with Crippen molar-refractivity contribution in [2.45, 2.75) is 58.7 Å². The van der Waals surface area contributed by atoms with Gasteiger partial charge in [0.25, 0.3) is 0 Å². The largest absolute Gasteiger partial charge is 0.453 e. The van der Waals surface area contributed by atoms with E-state index in [0.29, 0.717) is 44.8 Å². The highest BCUT2D eigenvalue weighted by molar-refractivity contribution is 7.99. The summed E-state index contributed by atoms with van der Waals surface area (Å²) in [5.41, 5.74) is 2.67. The maximum Gasteiger partial charge on any atom is 0.235 e. The molecule has 1 atom stereocenters. The average Bonchev–Trinajstić information content (AvgIpc) is 3.55. The molecule has 3 heterocycles. The monoisotopic (exact) mass is 553 g/mol. The van der Waals surface area contributed by atoms with E-state index in [4.69, 9.17) is 16.0 Å². The van der Waals surface area contributed by atoms with E-state index in [1.165, 1.54) is 16.6 Å². The van der Waals surface area contributed by atoms with Crippen LogP contribution >= 0.6 is 34.7 Å². The molecule has 3 aromatic heterocycles. The predicted octanol–water partition coefficient (Wildman–Crippen LogP) is 7.18. The quantitative estimate of drug-likeness (QED) is 0.254. The van der Waals surface area contributed by atoms with Crippen LogP contribution in [0.1, 0.15) is 50.1 Å². The summed E-state index contributed by atoms with van der Waals surface area (Å²) in [6.07, 6.45) is 2.91. The number of thioether (sulfide) groups is 1. The van der Waals surface area contributed by atoms with E-state index in [1.807, 2.05) is 29.7 Å². The number of nitrogens with one attached hydrogen (secondary N) is 1. The number of carbonyl (C=O) groups excluding carboxylic acids is 1. The lowest BCUT2D eigenvalue weighted by molar-refractivity contribution is -0.113. The zero-order valence-electron chi connectivity index (χ0n) is 21.2. The molecule has 1 aliphatic rings. The molecule has 0 aliphatic heterocycles. The van der Waals surface area contributed by atoms with E-state index in [-0.39, 0.29) is 17.1 Å². The van der Waals surface area contributed by atoms with Crippen LogP contribution in [0.2, 0.25) is 5.02 Å². The van der Waals surface area contributed by atoms with E-state index in [0.717, 1.165) is 35.8 Å². The molecule has 4 aromatic rings. The van der Waals surface area contributed by atoms with Gasteiger partial charge in [-0.05, 0) is 67.3 Å². The van der Waals surface area contributed by atoms with Crippen LogP contribution in [0.3, 0.4) is 0 Å². The molecule has 1 aromatic carbocycles. The smallest absolute Gasteiger partial charge is 0.235 e. The zero-order chi connectivity index (χ0) is 26.3. The Morgan fingerprint density at radius 2 is 2.16 bits per heavy atom. The lowest BCUT2D eigenvalue weighted by Gasteiger charge is -2.33. The number of fused-ring (bicyclic) bond motifs is 2. The molecule has 7 nitrogen and oxygen atoms in total. The lowest BCUT2D eigenvalue weighted by Crippen LogP contribution is -2.26. The Morgan fingerprint density at radius 3 is 2.89 bits per heavy atom. The van der Waals surface area contributed by atoms with Gasteiger partial charge >= 0.3 is 0 Å². The summed E-state index contributed by atoms with van der Waals surface area (Å²) in [6.45, 7) is 9.43. The van der Waals surface area contributed by atoms with Crippen LogP contribution in [0.5, 0.6) is 0 Å². The van der Waals surface area contributed by atoms with Crippen molar-refractivity contribution in [2.75, 3.05) is 11.1 Å². The number of benzene rings is 1. The molecule has 37 heavy (non-hydrogen) atoms. The minimum atomic E-state index is -0.168. The third-order valence-corrected chi connectivity index (χ3v) is 9.29.